The van der Waals surface area contributed by atoms with Crippen molar-refractivity contribution in [2.75, 3.05) is 26.9 Å². The van der Waals surface area contributed by atoms with Gasteiger partial charge in [-0.3, -0.25) is 4.79 Å². The van der Waals surface area contributed by atoms with Crippen molar-refractivity contribution in [3.63, 3.8) is 0 Å². The van der Waals surface area contributed by atoms with E-state index in [-0.39, 0.29) is 11.9 Å². The van der Waals surface area contributed by atoms with Gasteiger partial charge >= 0.3 is 0 Å². The molecule has 8 heteroatoms. The third-order valence-electron chi connectivity index (χ3n) is 3.82. The van der Waals surface area contributed by atoms with Gasteiger partial charge in [-0.25, -0.2) is 4.98 Å². The minimum atomic E-state index is -0.172. The molecule has 0 spiro atoms. The number of carbonyl (C=O) groups excluding carboxylic acids is 1. The number of methoxy groups -OCH3 is 1. The van der Waals surface area contributed by atoms with Crippen molar-refractivity contribution in [3.05, 3.63) is 29.5 Å². The Morgan fingerprint density at radius 2 is 2.43 bits per heavy atom. The van der Waals surface area contributed by atoms with Crippen LogP contribution >= 0.6 is 0 Å². The first-order valence-corrected chi connectivity index (χ1v) is 7.55. The van der Waals surface area contributed by atoms with Gasteiger partial charge in [-0.15, -0.1) is 0 Å². The normalized spacial score (nSPS) is 18.2. The summed E-state index contributed by atoms with van der Waals surface area (Å²) in [5.74, 6) is 1.86. The molecule has 124 valence electrons. The smallest absolute Gasteiger partial charge is 0.254 e. The number of carbonyl (C=O) groups is 1. The summed E-state index contributed by atoms with van der Waals surface area (Å²) in [6, 6.07) is 1.52. The van der Waals surface area contributed by atoms with Crippen molar-refractivity contribution in [1.29, 1.82) is 0 Å². The van der Waals surface area contributed by atoms with Gasteiger partial charge in [0.05, 0.1) is 20.3 Å². The Morgan fingerprint density at radius 1 is 1.57 bits per heavy atom. The van der Waals surface area contributed by atoms with Crippen molar-refractivity contribution in [1.82, 2.24) is 20.0 Å². The summed E-state index contributed by atoms with van der Waals surface area (Å²) >= 11 is 0. The Morgan fingerprint density at radius 3 is 3.13 bits per heavy atom. The van der Waals surface area contributed by atoms with E-state index in [4.69, 9.17) is 14.0 Å². The number of nitrogens with zero attached hydrogens (tertiary/aromatic N) is 3. The van der Waals surface area contributed by atoms with Gasteiger partial charge in [-0.1, -0.05) is 0 Å². The summed E-state index contributed by atoms with van der Waals surface area (Å²) in [7, 11) is 1.52. The minimum Gasteiger partial charge on any atom is -0.479 e. The molecule has 1 saturated heterocycles. The van der Waals surface area contributed by atoms with Crippen LogP contribution in [0.3, 0.4) is 0 Å². The van der Waals surface area contributed by atoms with Crippen LogP contribution in [-0.2, 0) is 16.0 Å². The lowest BCUT2D eigenvalue weighted by atomic mass is 10.1. The number of imidazole rings is 1. The summed E-state index contributed by atoms with van der Waals surface area (Å²) in [6.45, 7) is 3.49. The highest BCUT2D eigenvalue weighted by molar-refractivity contribution is 5.77. The third kappa shape index (κ3) is 3.53. The van der Waals surface area contributed by atoms with E-state index in [1.807, 2.05) is 11.8 Å². The van der Waals surface area contributed by atoms with E-state index in [0.717, 1.165) is 11.5 Å². The quantitative estimate of drug-likeness (QED) is 0.891. The highest BCUT2D eigenvalue weighted by atomic mass is 16.5. The van der Waals surface area contributed by atoms with Gasteiger partial charge in [-0.05, 0) is 12.1 Å². The Balaban J connectivity index is 1.64. The minimum absolute atomic E-state index is 0.0442. The lowest BCUT2D eigenvalue weighted by Crippen LogP contribution is -2.43. The van der Waals surface area contributed by atoms with Gasteiger partial charge in [0.25, 0.3) is 5.88 Å². The topological polar surface area (TPSA) is 93.5 Å². The van der Waals surface area contributed by atoms with E-state index in [2.05, 4.69) is 15.1 Å². The summed E-state index contributed by atoms with van der Waals surface area (Å²) in [4.78, 5) is 21.9. The zero-order valence-corrected chi connectivity index (χ0v) is 13.2. The molecule has 0 saturated carbocycles. The van der Waals surface area contributed by atoms with Crippen LogP contribution in [0.5, 0.6) is 5.88 Å². The van der Waals surface area contributed by atoms with E-state index in [9.17, 15) is 4.79 Å². The van der Waals surface area contributed by atoms with Crippen LogP contribution in [0.15, 0.2) is 16.8 Å². The predicted molar refractivity (Wildman–Crippen MR) is 80.0 cm³/mol. The van der Waals surface area contributed by atoms with Crippen molar-refractivity contribution in [2.45, 2.75) is 25.8 Å². The highest BCUT2D eigenvalue weighted by Crippen LogP contribution is 2.23. The first kappa shape index (κ1) is 15.5. The fourth-order valence-corrected chi connectivity index (χ4v) is 2.61. The maximum atomic E-state index is 12.6. The van der Waals surface area contributed by atoms with Gasteiger partial charge in [-0.2, -0.15) is 0 Å². The van der Waals surface area contributed by atoms with Crippen LogP contribution in [0.1, 0.15) is 29.7 Å². The average Bonchev–Trinajstić information content (AvgIpc) is 3.21. The fraction of sp³-hybridized carbons (Fsp3) is 0.533. The van der Waals surface area contributed by atoms with Gasteiger partial charge in [0.15, 0.2) is 0 Å². The highest BCUT2D eigenvalue weighted by Gasteiger charge is 2.30. The van der Waals surface area contributed by atoms with E-state index < -0.39 is 0 Å². The molecule has 8 nitrogen and oxygen atoms in total. The molecule has 3 rings (SSSR count). The average molecular weight is 320 g/mol. The maximum Gasteiger partial charge on any atom is 0.254 e. The molecule has 2 aromatic heterocycles. The van der Waals surface area contributed by atoms with Gasteiger partial charge in [0.2, 0.25) is 5.91 Å². The SMILES string of the molecule is COc1cc(CCC(=O)N2CCOC[C@@H]2c2ncc(C)[nH]2)on1. The standard InChI is InChI=1S/C15H20N4O4/c1-10-8-16-15(17-10)12-9-22-6-5-19(12)14(20)4-3-11-7-13(21-2)18-23-11/h7-8,12H,3-6,9H2,1-2H3,(H,16,17)/t12-/m1/s1. The Labute approximate surface area is 133 Å². The van der Waals surface area contributed by atoms with E-state index in [0.29, 0.717) is 44.2 Å². The number of aryl methyl sites for hydroxylation is 2. The summed E-state index contributed by atoms with van der Waals surface area (Å²) in [5, 5.41) is 3.73. The van der Waals surface area contributed by atoms with Crippen molar-refractivity contribution >= 4 is 5.91 Å². The van der Waals surface area contributed by atoms with E-state index in [1.165, 1.54) is 7.11 Å². The molecule has 1 N–H and O–H groups in total. The predicted octanol–water partition coefficient (Wildman–Crippen LogP) is 1.25. The van der Waals surface area contributed by atoms with Crippen molar-refractivity contribution in [3.8, 4) is 5.88 Å². The molecule has 1 aliphatic rings. The molecular formula is C15H20N4O4. The molecule has 0 unspecified atom stereocenters. The number of H-pyrrole nitrogens is 1. The van der Waals surface area contributed by atoms with Crippen LogP contribution in [0.4, 0.5) is 0 Å². The molecule has 1 aliphatic heterocycles. The Hall–Kier alpha value is -2.35. The molecule has 0 bridgehead atoms. The number of aromatic amines is 1. The van der Waals surface area contributed by atoms with E-state index >= 15 is 0 Å². The zero-order valence-electron chi connectivity index (χ0n) is 13.2. The molecule has 1 fully saturated rings. The molecule has 0 aliphatic carbocycles. The first-order valence-electron chi connectivity index (χ1n) is 7.55. The molecule has 0 aromatic carbocycles. The molecule has 1 atom stereocenters. The Bertz CT molecular complexity index is 666. The second-order valence-corrected chi connectivity index (χ2v) is 5.46. The first-order chi connectivity index (χ1) is 11.2. The maximum absolute atomic E-state index is 12.6. The molecule has 2 aromatic rings. The van der Waals surface area contributed by atoms with E-state index in [1.54, 1.807) is 12.3 Å². The van der Waals surface area contributed by atoms with Crippen molar-refractivity contribution in [2.24, 2.45) is 0 Å². The number of hydrogen-bond donors (Lipinski definition) is 1. The van der Waals surface area contributed by atoms with Crippen LogP contribution in [0, 0.1) is 6.92 Å². The fourth-order valence-electron chi connectivity index (χ4n) is 2.61. The number of hydrogen-bond acceptors (Lipinski definition) is 6. The van der Waals surface area contributed by atoms with Crippen LogP contribution < -0.4 is 4.74 Å². The molecular weight excluding hydrogens is 300 g/mol. The number of ether oxygens (including phenoxy) is 2. The van der Waals surface area contributed by atoms with Gasteiger partial charge in [0, 0.05) is 37.3 Å². The third-order valence-corrected chi connectivity index (χ3v) is 3.82. The van der Waals surface area contributed by atoms with Crippen LogP contribution in [-0.4, -0.2) is 52.8 Å². The largest absolute Gasteiger partial charge is 0.479 e. The van der Waals surface area contributed by atoms with Crippen LogP contribution in [0.25, 0.3) is 0 Å². The second-order valence-electron chi connectivity index (χ2n) is 5.46. The number of nitrogens with one attached hydrogen (secondary N) is 1. The molecule has 1 amide bonds. The molecule has 0 radical (unpaired) electrons. The number of morpholine rings is 1. The second kappa shape index (κ2) is 6.82. The summed E-state index contributed by atoms with van der Waals surface area (Å²) in [5.41, 5.74) is 0.965. The van der Waals surface area contributed by atoms with Crippen LogP contribution in [0.2, 0.25) is 0 Å². The molecule has 23 heavy (non-hydrogen) atoms. The molecule has 3 heterocycles. The van der Waals surface area contributed by atoms with Crippen molar-refractivity contribution < 1.29 is 18.8 Å². The lowest BCUT2D eigenvalue weighted by molar-refractivity contribution is -0.140. The Kier molecular flexibility index (Phi) is 4.61. The monoisotopic (exact) mass is 320 g/mol. The van der Waals surface area contributed by atoms with Gasteiger partial charge < -0.3 is 23.9 Å². The van der Waals surface area contributed by atoms with Gasteiger partial charge in [0.1, 0.15) is 17.6 Å². The summed E-state index contributed by atoms with van der Waals surface area (Å²) in [6.07, 6.45) is 2.58. The summed E-state index contributed by atoms with van der Waals surface area (Å²) < 4.78 is 15.6. The number of amides is 1. The zero-order chi connectivity index (χ0) is 16.2. The lowest BCUT2D eigenvalue weighted by Gasteiger charge is -2.34. The number of rotatable bonds is 5. The number of aromatic nitrogens is 3.